The zero-order chi connectivity index (χ0) is 60.2. The quantitative estimate of drug-likeness (QED) is 0.0199. The molecule has 0 bridgehead atoms. The zero-order valence-corrected chi connectivity index (χ0v) is 48.7. The molecule has 0 fully saturated rings. The van der Waals surface area contributed by atoms with Gasteiger partial charge in [-0.25, -0.2) is 9.59 Å². The molecule has 6 aromatic rings. The molecule has 0 atom stereocenters. The molecule has 0 aliphatic rings. The number of ether oxygens (including phenoxy) is 4. The lowest BCUT2D eigenvalue weighted by Crippen LogP contribution is -2.33. The van der Waals surface area contributed by atoms with Gasteiger partial charge in [-0.15, -0.1) is 0 Å². The van der Waals surface area contributed by atoms with Crippen molar-refractivity contribution in [3.63, 3.8) is 0 Å². The molecule has 0 aliphatic heterocycles. The highest BCUT2D eigenvalue weighted by molar-refractivity contribution is 6.69. The number of primary amides is 1. The summed E-state index contributed by atoms with van der Waals surface area (Å²) in [6.07, 6.45) is -8.03. The number of nitrogens with two attached hydrogens (primary N) is 1. The van der Waals surface area contributed by atoms with Crippen LogP contribution in [-0.2, 0) is 42.5 Å². The Morgan fingerprint density at radius 2 is 0.902 bits per heavy atom. The number of benzene rings is 3. The van der Waals surface area contributed by atoms with E-state index in [-0.39, 0.29) is 51.1 Å². The Kier molecular flexibility index (Phi) is 31.1. The molecule has 8 N–H and O–H groups in total. The number of carbonyl (C=O) groups excluding carboxylic acids is 3. The van der Waals surface area contributed by atoms with Crippen LogP contribution in [-0.4, -0.2) is 112 Å². The van der Waals surface area contributed by atoms with Gasteiger partial charge < -0.3 is 65.0 Å². The molecule has 3 heterocycles. The first-order valence-electron chi connectivity index (χ1n) is 24.3. The molecule has 3 aromatic heterocycles. The van der Waals surface area contributed by atoms with Gasteiger partial charge in [0.25, 0.3) is 0 Å². The first-order chi connectivity index (χ1) is 37.4. The number of aromatic nitrogens is 3. The van der Waals surface area contributed by atoms with Gasteiger partial charge in [0, 0.05) is 55.5 Å². The summed E-state index contributed by atoms with van der Waals surface area (Å²) >= 11 is 24.8. The lowest BCUT2D eigenvalue weighted by Gasteiger charge is -2.15. The molecule has 6 rings (SSSR count). The predicted octanol–water partition coefficient (Wildman–Crippen LogP) is 14.3. The molecule has 0 saturated heterocycles. The third-order valence-corrected chi connectivity index (χ3v) is 11.5. The average molecular weight is 1290 g/mol. The maximum Gasteiger partial charge on any atom is 0.437 e. The fraction of sp³-hybridized carbons (Fsp3) is 0.510. The third kappa shape index (κ3) is 22.9. The SMILES string of the molecule is CCCc1c(OCCCN(C)C(=O)Cl)ccc2c(C(F)(F)F)noc12.CCCc1c(OCCCN(C)C(N)=O)ccc2c(C(F)(F)F)noc12.CCCc1c(OCCCNC)ccc2c(C(F)(F)F)noc12.N.O.O=C(Cl)OC(Cl)(Cl)Cl. The summed E-state index contributed by atoms with van der Waals surface area (Å²) in [4.78, 5) is 34.3. The molecule has 462 valence electrons. The van der Waals surface area contributed by atoms with Crippen LogP contribution in [0.15, 0.2) is 50.0 Å². The van der Waals surface area contributed by atoms with Crippen molar-refractivity contribution in [1.82, 2.24) is 36.7 Å². The van der Waals surface area contributed by atoms with Gasteiger partial charge in [-0.2, -0.15) is 39.5 Å². The number of fused-ring (bicyclic) bond motifs is 3. The fourth-order valence-corrected chi connectivity index (χ4v) is 7.82. The highest BCUT2D eigenvalue weighted by Crippen LogP contribution is 2.41. The minimum absolute atomic E-state index is 0. The van der Waals surface area contributed by atoms with Crippen molar-refractivity contribution in [2.45, 2.75) is 101 Å². The summed E-state index contributed by atoms with van der Waals surface area (Å²) in [5.74, 6) is 1.48. The number of hydrogen-bond donors (Lipinski definition) is 3. The van der Waals surface area contributed by atoms with Gasteiger partial charge in [0.05, 0.1) is 36.0 Å². The highest BCUT2D eigenvalue weighted by Gasteiger charge is 2.40. The largest absolute Gasteiger partial charge is 0.493 e. The van der Waals surface area contributed by atoms with Gasteiger partial charge in [-0.3, -0.25) is 4.79 Å². The lowest BCUT2D eigenvalue weighted by atomic mass is 10.0. The maximum atomic E-state index is 13.0. The minimum atomic E-state index is -4.57. The fourth-order valence-electron chi connectivity index (χ4n) is 7.29. The Balaban J connectivity index is 0.000000570. The summed E-state index contributed by atoms with van der Waals surface area (Å²) in [5.41, 5.74) is 3.06. The number of carbonyl (C=O) groups is 3. The molecule has 0 aliphatic carbocycles. The smallest absolute Gasteiger partial charge is 0.437 e. The second-order valence-corrected chi connectivity index (χ2v) is 19.8. The van der Waals surface area contributed by atoms with Crippen LogP contribution < -0.4 is 31.4 Å². The molecule has 0 saturated carbocycles. The van der Waals surface area contributed by atoms with E-state index in [1.165, 1.54) is 40.1 Å². The Bertz CT molecular complexity index is 2810. The van der Waals surface area contributed by atoms with Crippen LogP contribution >= 0.6 is 58.0 Å². The van der Waals surface area contributed by atoms with Gasteiger partial charge in [0.15, 0.2) is 33.8 Å². The first-order valence-corrected chi connectivity index (χ1v) is 26.1. The molecular formula is C49H62Cl5F9N8O11. The van der Waals surface area contributed by atoms with Gasteiger partial charge >= 0.3 is 39.3 Å². The van der Waals surface area contributed by atoms with Gasteiger partial charge in [0.2, 0.25) is 0 Å². The number of nitrogens with one attached hydrogen (secondary N) is 1. The molecule has 0 radical (unpaired) electrons. The van der Waals surface area contributed by atoms with Crippen molar-refractivity contribution < 1.29 is 91.9 Å². The normalized spacial score (nSPS) is 11.5. The van der Waals surface area contributed by atoms with Crippen LogP contribution in [0.3, 0.4) is 0 Å². The summed E-state index contributed by atoms with van der Waals surface area (Å²) < 4.78 is 150. The maximum absolute atomic E-state index is 13.0. The van der Waals surface area contributed by atoms with E-state index in [4.69, 9.17) is 79.9 Å². The van der Waals surface area contributed by atoms with E-state index in [9.17, 15) is 53.9 Å². The Labute approximate surface area is 489 Å². The van der Waals surface area contributed by atoms with Crippen molar-refractivity contribution >= 4 is 108 Å². The second kappa shape index (κ2) is 34.2. The molecule has 0 unspecified atom stereocenters. The minimum Gasteiger partial charge on any atom is -0.493 e. The van der Waals surface area contributed by atoms with E-state index in [0.717, 1.165) is 19.4 Å². The van der Waals surface area contributed by atoms with Crippen LogP contribution in [0.25, 0.3) is 32.9 Å². The third-order valence-electron chi connectivity index (χ3n) is 10.9. The monoisotopic (exact) mass is 1280 g/mol. The van der Waals surface area contributed by atoms with Crippen LogP contribution in [0.4, 0.5) is 53.9 Å². The zero-order valence-electron chi connectivity index (χ0n) is 45.0. The summed E-state index contributed by atoms with van der Waals surface area (Å²) in [6, 6.07) is 8.00. The highest BCUT2D eigenvalue weighted by atomic mass is 35.6. The molecule has 82 heavy (non-hydrogen) atoms. The number of hydrogen-bond acceptors (Lipinski definition) is 15. The molecule has 19 nitrogen and oxygen atoms in total. The number of rotatable bonds is 21. The van der Waals surface area contributed by atoms with Crippen LogP contribution in [0.2, 0.25) is 0 Å². The van der Waals surface area contributed by atoms with Gasteiger partial charge in [0.1, 0.15) is 17.2 Å². The first kappa shape index (κ1) is 74.4. The van der Waals surface area contributed by atoms with Crippen molar-refractivity contribution in [3.05, 3.63) is 70.2 Å². The van der Waals surface area contributed by atoms with Crippen molar-refractivity contribution in [1.29, 1.82) is 0 Å². The number of halogens is 14. The number of alkyl halides is 12. The lowest BCUT2D eigenvalue weighted by molar-refractivity contribution is -0.142. The van der Waals surface area contributed by atoms with E-state index in [1.807, 2.05) is 27.8 Å². The number of aryl methyl sites for hydroxylation is 3. The van der Waals surface area contributed by atoms with E-state index in [0.29, 0.717) is 105 Å². The van der Waals surface area contributed by atoms with E-state index >= 15 is 0 Å². The Morgan fingerprint density at radius 1 is 0.585 bits per heavy atom. The van der Waals surface area contributed by atoms with Crippen LogP contribution in [0.5, 0.6) is 17.2 Å². The standard InChI is InChI=1S/C16H18ClF3N2O3.C16H20F3N3O3.C15H19F3N2O2.C2Cl4O2.H3N.H2O/c1-3-5-10-12(24-9-4-8-22(2)15(17)23)7-6-11-13(10)25-21-14(11)16(18,19)20;1-3-5-10-12(24-9-4-8-22(2)15(20)23)7-6-11-13(10)25-21-14(11)16(17,18)19;1-3-5-10-12(21-9-4-8-19-2)7-6-11-13(10)22-20-14(11)15(16,17)18;3-1(7)8-2(4,5)6;;/h6-7H,3-5,8-9H2,1-2H3;6-7H,3-5,8-9H2,1-2H3,(H2,20,23);6-7,19H,3-5,8-9H2,1-2H3;;1H3;1H2. The van der Waals surface area contributed by atoms with Gasteiger partial charge in [-0.05, 0) is 135 Å². The number of nitrogens with zero attached hydrogens (tertiary/aromatic N) is 5. The Hall–Kier alpha value is -5.62. The molecule has 3 amide bonds. The number of amides is 3. The summed E-state index contributed by atoms with van der Waals surface area (Å²) in [5, 5.41) is 11.8. The van der Waals surface area contributed by atoms with Crippen molar-refractivity contribution in [3.8, 4) is 17.2 Å². The topological polar surface area (TPSA) is 277 Å². The van der Waals surface area contributed by atoms with E-state index in [2.05, 4.69) is 37.1 Å². The Morgan fingerprint density at radius 3 is 1.15 bits per heavy atom. The van der Waals surface area contributed by atoms with Crippen LogP contribution in [0, 0.1) is 0 Å². The second-order valence-electron chi connectivity index (χ2n) is 17.0. The van der Waals surface area contributed by atoms with Gasteiger partial charge in [-0.1, -0.05) is 55.5 Å². The predicted molar refractivity (Wildman–Crippen MR) is 291 cm³/mol. The average Bonchev–Trinajstić information content (AvgIpc) is 4.26. The van der Waals surface area contributed by atoms with E-state index in [1.54, 1.807) is 20.2 Å². The van der Waals surface area contributed by atoms with Crippen molar-refractivity contribution in [2.75, 3.05) is 60.6 Å². The molecule has 0 spiro atoms. The van der Waals surface area contributed by atoms with Crippen molar-refractivity contribution in [2.24, 2.45) is 5.73 Å². The number of urea groups is 1. The molecular weight excluding hydrogens is 1220 g/mol. The van der Waals surface area contributed by atoms with E-state index < -0.39 is 56.4 Å². The summed E-state index contributed by atoms with van der Waals surface area (Å²) in [7, 11) is 4.99. The summed E-state index contributed by atoms with van der Waals surface area (Å²) in [6.45, 7) is 8.47. The molecule has 33 heteroatoms. The molecule has 3 aromatic carbocycles. The van der Waals surface area contributed by atoms with Crippen LogP contribution in [0.1, 0.15) is 93.1 Å².